The second-order valence-corrected chi connectivity index (χ2v) is 5.70. The van der Waals surface area contributed by atoms with Gasteiger partial charge in [-0.25, -0.2) is 4.79 Å². The molecular formula is C12H21NO3. The summed E-state index contributed by atoms with van der Waals surface area (Å²) in [6.07, 6.45) is 2.00. The van der Waals surface area contributed by atoms with E-state index in [0.717, 1.165) is 19.4 Å². The van der Waals surface area contributed by atoms with Crippen LogP contribution in [0, 0.1) is 0 Å². The van der Waals surface area contributed by atoms with E-state index in [9.17, 15) is 4.79 Å². The van der Waals surface area contributed by atoms with E-state index in [0.29, 0.717) is 6.54 Å². The zero-order chi connectivity index (χ0) is 12.0. The highest BCUT2D eigenvalue weighted by molar-refractivity contribution is 5.68. The Kier molecular flexibility index (Phi) is 2.65. The van der Waals surface area contributed by atoms with E-state index >= 15 is 0 Å². The van der Waals surface area contributed by atoms with Gasteiger partial charge in [-0.3, -0.25) is 0 Å². The van der Waals surface area contributed by atoms with Crippen LogP contribution in [0.2, 0.25) is 0 Å². The van der Waals surface area contributed by atoms with E-state index in [4.69, 9.17) is 9.47 Å². The molecule has 16 heavy (non-hydrogen) atoms. The highest BCUT2D eigenvalue weighted by atomic mass is 16.6. The molecule has 92 valence electrons. The predicted octanol–water partition coefficient (Wildman–Crippen LogP) is 2.17. The van der Waals surface area contributed by atoms with Gasteiger partial charge >= 0.3 is 6.09 Å². The highest BCUT2D eigenvalue weighted by Crippen LogP contribution is 2.46. The number of carbonyl (C=O) groups is 1. The summed E-state index contributed by atoms with van der Waals surface area (Å²) in [5, 5.41) is 0. The maximum Gasteiger partial charge on any atom is 0.410 e. The van der Waals surface area contributed by atoms with Gasteiger partial charge in [-0.15, -0.1) is 0 Å². The molecule has 0 aromatic heterocycles. The van der Waals surface area contributed by atoms with Gasteiger partial charge in [0.1, 0.15) is 11.7 Å². The third-order valence-electron chi connectivity index (χ3n) is 3.35. The molecule has 2 fully saturated rings. The number of piperidine rings is 1. The monoisotopic (exact) mass is 227 g/mol. The minimum absolute atomic E-state index is 0.0819. The van der Waals surface area contributed by atoms with E-state index in [-0.39, 0.29) is 17.8 Å². The third-order valence-corrected chi connectivity index (χ3v) is 3.35. The number of hydrogen-bond donors (Lipinski definition) is 0. The van der Waals surface area contributed by atoms with Crippen molar-refractivity contribution in [2.45, 2.75) is 57.8 Å². The SMILES string of the molecule is CCC12CCN(C(=O)OC(C)(C)C)CC1O2. The summed E-state index contributed by atoms with van der Waals surface area (Å²) < 4.78 is 11.0. The molecule has 2 rings (SSSR count). The Balaban J connectivity index is 1.87. The zero-order valence-electron chi connectivity index (χ0n) is 10.6. The van der Waals surface area contributed by atoms with Crippen LogP contribution in [0.3, 0.4) is 0 Å². The highest BCUT2D eigenvalue weighted by Gasteiger charge is 2.58. The average Bonchev–Trinajstić information content (AvgIpc) is 2.88. The lowest BCUT2D eigenvalue weighted by molar-refractivity contribution is 0.0217. The normalized spacial score (nSPS) is 33.2. The molecule has 0 aromatic rings. The lowest BCUT2D eigenvalue weighted by atomic mass is 9.94. The van der Waals surface area contributed by atoms with Crippen LogP contribution in [0.1, 0.15) is 40.5 Å². The number of nitrogens with zero attached hydrogens (tertiary/aromatic N) is 1. The van der Waals surface area contributed by atoms with Crippen molar-refractivity contribution in [3.63, 3.8) is 0 Å². The van der Waals surface area contributed by atoms with Gasteiger partial charge in [0.15, 0.2) is 0 Å². The molecule has 0 spiro atoms. The fourth-order valence-corrected chi connectivity index (χ4v) is 2.27. The summed E-state index contributed by atoms with van der Waals surface area (Å²) in [5.74, 6) is 0. The molecule has 2 heterocycles. The quantitative estimate of drug-likeness (QED) is 0.645. The maximum atomic E-state index is 11.8. The minimum Gasteiger partial charge on any atom is -0.444 e. The Hall–Kier alpha value is -0.770. The number of carbonyl (C=O) groups excluding carboxylic acids is 1. The first kappa shape index (κ1) is 11.7. The van der Waals surface area contributed by atoms with Crippen molar-refractivity contribution in [3.8, 4) is 0 Å². The van der Waals surface area contributed by atoms with Crippen LogP contribution in [0.4, 0.5) is 4.79 Å². The smallest absolute Gasteiger partial charge is 0.410 e. The summed E-state index contributed by atoms with van der Waals surface area (Å²) in [4.78, 5) is 13.6. The Labute approximate surface area is 96.9 Å². The molecule has 4 nitrogen and oxygen atoms in total. The second-order valence-electron chi connectivity index (χ2n) is 5.70. The molecule has 1 amide bonds. The largest absolute Gasteiger partial charge is 0.444 e. The molecule has 4 heteroatoms. The molecular weight excluding hydrogens is 206 g/mol. The first-order valence-electron chi connectivity index (χ1n) is 6.02. The van der Waals surface area contributed by atoms with Gasteiger partial charge in [-0.2, -0.15) is 0 Å². The van der Waals surface area contributed by atoms with Gasteiger partial charge in [0.2, 0.25) is 0 Å². The molecule has 0 N–H and O–H groups in total. The number of fused-ring (bicyclic) bond motifs is 1. The van der Waals surface area contributed by atoms with Crippen LogP contribution in [0.15, 0.2) is 0 Å². The molecule has 2 aliphatic heterocycles. The second kappa shape index (κ2) is 3.62. The summed E-state index contributed by atoms with van der Waals surface area (Å²) in [6.45, 7) is 9.24. The number of rotatable bonds is 1. The van der Waals surface area contributed by atoms with Crippen LogP contribution in [0.25, 0.3) is 0 Å². The number of hydrogen-bond acceptors (Lipinski definition) is 3. The minimum atomic E-state index is -0.416. The van der Waals surface area contributed by atoms with E-state index in [1.807, 2.05) is 20.8 Å². The fraction of sp³-hybridized carbons (Fsp3) is 0.917. The predicted molar refractivity (Wildman–Crippen MR) is 60.3 cm³/mol. The fourth-order valence-electron chi connectivity index (χ4n) is 2.27. The van der Waals surface area contributed by atoms with Gasteiger partial charge in [-0.05, 0) is 33.6 Å². The van der Waals surface area contributed by atoms with Crippen molar-refractivity contribution in [2.75, 3.05) is 13.1 Å². The van der Waals surface area contributed by atoms with Crippen molar-refractivity contribution in [3.05, 3.63) is 0 Å². The Morgan fingerprint density at radius 3 is 2.75 bits per heavy atom. The van der Waals surface area contributed by atoms with Crippen LogP contribution in [0.5, 0.6) is 0 Å². The molecule has 2 saturated heterocycles. The Morgan fingerprint density at radius 2 is 2.25 bits per heavy atom. The standard InChI is InChI=1S/C12H21NO3/c1-5-12-6-7-13(8-9(12)15-12)10(14)16-11(2,3)4/h9H,5-8H2,1-4H3. The molecule has 2 unspecified atom stereocenters. The maximum absolute atomic E-state index is 11.8. The van der Waals surface area contributed by atoms with E-state index < -0.39 is 5.60 Å². The zero-order valence-corrected chi connectivity index (χ0v) is 10.6. The number of ether oxygens (including phenoxy) is 2. The molecule has 0 radical (unpaired) electrons. The average molecular weight is 227 g/mol. The van der Waals surface area contributed by atoms with Crippen molar-refractivity contribution < 1.29 is 14.3 Å². The van der Waals surface area contributed by atoms with Crippen molar-refractivity contribution in [1.82, 2.24) is 4.90 Å². The molecule has 0 aliphatic carbocycles. The van der Waals surface area contributed by atoms with E-state index in [2.05, 4.69) is 6.92 Å². The molecule has 0 bridgehead atoms. The van der Waals surface area contributed by atoms with Gasteiger partial charge in [0.05, 0.1) is 12.1 Å². The Bertz CT molecular complexity index is 297. The first-order valence-corrected chi connectivity index (χ1v) is 6.02. The van der Waals surface area contributed by atoms with Gasteiger partial charge in [0, 0.05) is 6.54 Å². The first-order chi connectivity index (χ1) is 7.36. The molecule has 2 atom stereocenters. The number of amides is 1. The Morgan fingerprint density at radius 1 is 1.56 bits per heavy atom. The number of likely N-dealkylation sites (tertiary alicyclic amines) is 1. The summed E-state index contributed by atoms with van der Waals surface area (Å²) in [5.41, 5.74) is -0.334. The lowest BCUT2D eigenvalue weighted by Crippen LogP contribution is -2.45. The molecule has 0 saturated carbocycles. The number of epoxide rings is 1. The van der Waals surface area contributed by atoms with Crippen LogP contribution in [-0.2, 0) is 9.47 Å². The van der Waals surface area contributed by atoms with Crippen molar-refractivity contribution in [1.29, 1.82) is 0 Å². The van der Waals surface area contributed by atoms with E-state index in [1.165, 1.54) is 0 Å². The van der Waals surface area contributed by atoms with Crippen LogP contribution >= 0.6 is 0 Å². The summed E-state index contributed by atoms with van der Waals surface area (Å²) in [6, 6.07) is 0. The third kappa shape index (κ3) is 2.17. The molecule has 2 aliphatic rings. The van der Waals surface area contributed by atoms with Gasteiger partial charge in [-0.1, -0.05) is 6.92 Å². The topological polar surface area (TPSA) is 42.1 Å². The molecule has 0 aromatic carbocycles. The van der Waals surface area contributed by atoms with Gasteiger partial charge in [0.25, 0.3) is 0 Å². The van der Waals surface area contributed by atoms with Crippen molar-refractivity contribution >= 4 is 6.09 Å². The van der Waals surface area contributed by atoms with Crippen LogP contribution < -0.4 is 0 Å². The summed E-state index contributed by atoms with van der Waals surface area (Å²) in [7, 11) is 0. The van der Waals surface area contributed by atoms with E-state index in [1.54, 1.807) is 4.90 Å². The van der Waals surface area contributed by atoms with Crippen LogP contribution in [-0.4, -0.2) is 41.4 Å². The van der Waals surface area contributed by atoms with Gasteiger partial charge < -0.3 is 14.4 Å². The summed E-state index contributed by atoms with van der Waals surface area (Å²) >= 11 is 0. The van der Waals surface area contributed by atoms with Crippen molar-refractivity contribution in [2.24, 2.45) is 0 Å². The lowest BCUT2D eigenvalue weighted by Gasteiger charge is -2.30.